The number of rotatable bonds is 2. The van der Waals surface area contributed by atoms with Gasteiger partial charge in [0.05, 0.1) is 24.2 Å². The Morgan fingerprint density at radius 2 is 2.09 bits per heavy atom. The third-order valence-corrected chi connectivity index (χ3v) is 4.90. The second kappa shape index (κ2) is 4.87. The highest BCUT2D eigenvalue weighted by Crippen LogP contribution is 2.47. The van der Waals surface area contributed by atoms with Gasteiger partial charge in [0.1, 0.15) is 11.1 Å². The number of aliphatic hydroxyl groups is 3. The fourth-order valence-corrected chi connectivity index (χ4v) is 3.75. The van der Waals surface area contributed by atoms with Crippen LogP contribution in [0.1, 0.15) is 25.6 Å². The number of hydrogen-bond donors (Lipinski definition) is 4. The number of nitrogens with two attached hydrogens (primary N) is 1. The van der Waals surface area contributed by atoms with Gasteiger partial charge in [-0.25, -0.2) is 9.97 Å². The van der Waals surface area contributed by atoms with Gasteiger partial charge in [0.15, 0.2) is 5.65 Å². The van der Waals surface area contributed by atoms with Crippen molar-refractivity contribution in [2.45, 2.75) is 38.5 Å². The van der Waals surface area contributed by atoms with Crippen molar-refractivity contribution in [3.63, 3.8) is 0 Å². The Balaban J connectivity index is 2.18. The summed E-state index contributed by atoms with van der Waals surface area (Å²) < 4.78 is 1.73. The van der Waals surface area contributed by atoms with Gasteiger partial charge < -0.3 is 25.6 Å². The summed E-state index contributed by atoms with van der Waals surface area (Å²) in [6, 6.07) is -0.474. The molecule has 120 valence electrons. The first-order valence-corrected chi connectivity index (χ1v) is 7.27. The number of fused-ring (bicyclic) bond motifs is 1. The SMILES string of the molecule is Cc1nc(N)nc2c1ncn2C1C(C)C(CO)C(O)C1(C)O. The van der Waals surface area contributed by atoms with E-state index in [1.165, 1.54) is 0 Å². The Hall–Kier alpha value is -1.77. The molecule has 0 saturated heterocycles. The minimum Gasteiger partial charge on any atom is -0.396 e. The Labute approximate surface area is 127 Å². The van der Waals surface area contributed by atoms with Crippen LogP contribution in [-0.2, 0) is 0 Å². The normalized spacial score (nSPS) is 35.4. The van der Waals surface area contributed by atoms with E-state index < -0.39 is 23.7 Å². The Bertz CT molecular complexity index is 714. The van der Waals surface area contributed by atoms with E-state index in [1.807, 2.05) is 6.92 Å². The predicted molar refractivity (Wildman–Crippen MR) is 79.9 cm³/mol. The van der Waals surface area contributed by atoms with Crippen molar-refractivity contribution in [3.8, 4) is 0 Å². The third-order valence-electron chi connectivity index (χ3n) is 4.90. The summed E-state index contributed by atoms with van der Waals surface area (Å²) in [6.07, 6.45) is 0.545. The second-order valence-corrected chi connectivity index (χ2v) is 6.31. The van der Waals surface area contributed by atoms with E-state index >= 15 is 0 Å². The molecule has 1 fully saturated rings. The molecule has 0 aromatic carbocycles. The zero-order chi connectivity index (χ0) is 16.2. The monoisotopic (exact) mass is 307 g/mol. The first-order chi connectivity index (χ1) is 10.3. The molecular weight excluding hydrogens is 286 g/mol. The maximum absolute atomic E-state index is 10.8. The van der Waals surface area contributed by atoms with Crippen molar-refractivity contribution >= 4 is 17.1 Å². The smallest absolute Gasteiger partial charge is 0.222 e. The summed E-state index contributed by atoms with van der Waals surface area (Å²) in [6.45, 7) is 5.05. The highest BCUT2D eigenvalue weighted by Gasteiger charge is 2.56. The molecule has 0 spiro atoms. The largest absolute Gasteiger partial charge is 0.396 e. The summed E-state index contributed by atoms with van der Waals surface area (Å²) in [5.41, 5.74) is 6.10. The number of imidazole rings is 1. The van der Waals surface area contributed by atoms with Gasteiger partial charge in [-0.15, -0.1) is 0 Å². The highest BCUT2D eigenvalue weighted by molar-refractivity contribution is 5.74. The first-order valence-electron chi connectivity index (χ1n) is 7.27. The van der Waals surface area contributed by atoms with Gasteiger partial charge in [-0.2, -0.15) is 4.98 Å². The highest BCUT2D eigenvalue weighted by atomic mass is 16.3. The van der Waals surface area contributed by atoms with Crippen LogP contribution in [0.3, 0.4) is 0 Å². The van der Waals surface area contributed by atoms with Gasteiger partial charge >= 0.3 is 0 Å². The van der Waals surface area contributed by atoms with Crippen LogP contribution in [0.25, 0.3) is 11.2 Å². The molecule has 1 saturated carbocycles. The number of aryl methyl sites for hydroxylation is 1. The quantitative estimate of drug-likeness (QED) is 0.595. The minimum absolute atomic E-state index is 0.135. The lowest BCUT2D eigenvalue weighted by Crippen LogP contribution is -2.43. The van der Waals surface area contributed by atoms with E-state index in [9.17, 15) is 15.3 Å². The fourth-order valence-electron chi connectivity index (χ4n) is 3.75. The molecule has 0 bridgehead atoms. The number of hydrogen-bond acceptors (Lipinski definition) is 7. The van der Waals surface area contributed by atoms with Crippen molar-refractivity contribution in [2.24, 2.45) is 11.8 Å². The van der Waals surface area contributed by atoms with Crippen molar-refractivity contribution < 1.29 is 15.3 Å². The van der Waals surface area contributed by atoms with Crippen molar-refractivity contribution in [1.29, 1.82) is 0 Å². The Kier molecular flexibility index (Phi) is 3.35. The Morgan fingerprint density at radius 1 is 1.41 bits per heavy atom. The molecule has 0 aliphatic heterocycles. The Morgan fingerprint density at radius 3 is 2.68 bits per heavy atom. The molecule has 0 amide bonds. The third kappa shape index (κ3) is 1.91. The number of nitrogens with zero attached hydrogens (tertiary/aromatic N) is 4. The molecule has 5 atom stereocenters. The van der Waals surface area contributed by atoms with Crippen molar-refractivity contribution in [3.05, 3.63) is 12.0 Å². The van der Waals surface area contributed by atoms with Crippen LogP contribution >= 0.6 is 0 Å². The topological polar surface area (TPSA) is 130 Å². The van der Waals surface area contributed by atoms with Crippen molar-refractivity contribution in [2.75, 3.05) is 12.3 Å². The van der Waals surface area contributed by atoms with E-state index in [2.05, 4.69) is 15.0 Å². The molecule has 1 aliphatic carbocycles. The number of nitrogen functional groups attached to an aromatic ring is 1. The number of aromatic nitrogens is 4. The van der Waals surface area contributed by atoms with Gasteiger partial charge in [0.2, 0.25) is 5.95 Å². The average Bonchev–Trinajstić information content (AvgIpc) is 2.89. The minimum atomic E-state index is -1.41. The fraction of sp³-hybridized carbons (Fsp3) is 0.643. The molecule has 2 aromatic heterocycles. The summed E-state index contributed by atoms with van der Waals surface area (Å²) >= 11 is 0. The standard InChI is InChI=1S/C14H21N5O3/c1-6-8(4-20)11(21)14(3,22)10(6)19-5-16-9-7(2)17-13(15)18-12(9)19/h5-6,8,10-11,20-22H,4H2,1-3H3,(H2,15,17,18). The van der Waals surface area contributed by atoms with Crippen LogP contribution in [-0.4, -0.2) is 53.2 Å². The van der Waals surface area contributed by atoms with Crippen LogP contribution in [0.5, 0.6) is 0 Å². The molecule has 2 aromatic rings. The van der Waals surface area contributed by atoms with E-state index in [0.717, 1.165) is 0 Å². The number of anilines is 1. The van der Waals surface area contributed by atoms with Crippen LogP contribution < -0.4 is 5.73 Å². The summed E-state index contributed by atoms with van der Waals surface area (Å²) in [5, 5.41) is 30.6. The lowest BCUT2D eigenvalue weighted by Gasteiger charge is -2.31. The van der Waals surface area contributed by atoms with Gasteiger partial charge in [0.25, 0.3) is 0 Å². The van der Waals surface area contributed by atoms with E-state index in [-0.39, 0.29) is 18.5 Å². The zero-order valence-electron chi connectivity index (χ0n) is 12.8. The first kappa shape index (κ1) is 15.1. The summed E-state index contributed by atoms with van der Waals surface area (Å²) in [5.74, 6) is -0.446. The molecule has 5 N–H and O–H groups in total. The van der Waals surface area contributed by atoms with E-state index in [4.69, 9.17) is 5.73 Å². The molecule has 0 radical (unpaired) electrons. The summed E-state index contributed by atoms with van der Waals surface area (Å²) in [7, 11) is 0. The van der Waals surface area contributed by atoms with Crippen LogP contribution in [0.4, 0.5) is 5.95 Å². The molecule has 22 heavy (non-hydrogen) atoms. The molecule has 8 heteroatoms. The average molecular weight is 307 g/mol. The lowest BCUT2D eigenvalue weighted by atomic mass is 9.94. The van der Waals surface area contributed by atoms with Crippen molar-refractivity contribution in [1.82, 2.24) is 19.5 Å². The van der Waals surface area contributed by atoms with Gasteiger partial charge in [0, 0.05) is 12.5 Å². The van der Waals surface area contributed by atoms with E-state index in [1.54, 1.807) is 24.7 Å². The van der Waals surface area contributed by atoms with E-state index in [0.29, 0.717) is 16.9 Å². The second-order valence-electron chi connectivity index (χ2n) is 6.31. The zero-order valence-corrected chi connectivity index (χ0v) is 12.8. The van der Waals surface area contributed by atoms with Gasteiger partial charge in [-0.3, -0.25) is 0 Å². The van der Waals surface area contributed by atoms with Gasteiger partial charge in [-0.05, 0) is 19.8 Å². The molecule has 5 unspecified atom stereocenters. The lowest BCUT2D eigenvalue weighted by molar-refractivity contribution is -0.0777. The van der Waals surface area contributed by atoms with Crippen LogP contribution in [0.15, 0.2) is 6.33 Å². The molecule has 3 rings (SSSR count). The number of aliphatic hydroxyl groups excluding tert-OH is 2. The predicted octanol–water partition coefficient (Wildman–Crippen LogP) is -0.372. The summed E-state index contributed by atoms with van der Waals surface area (Å²) in [4.78, 5) is 12.6. The maximum Gasteiger partial charge on any atom is 0.222 e. The molecular formula is C14H21N5O3. The molecule has 2 heterocycles. The molecule has 8 nitrogen and oxygen atoms in total. The molecule has 1 aliphatic rings. The maximum atomic E-state index is 10.8. The van der Waals surface area contributed by atoms with Crippen LogP contribution in [0.2, 0.25) is 0 Å². The van der Waals surface area contributed by atoms with Crippen LogP contribution in [0, 0.1) is 18.8 Å². The van der Waals surface area contributed by atoms with Gasteiger partial charge in [-0.1, -0.05) is 6.92 Å².